The van der Waals surface area contributed by atoms with Crippen LogP contribution in [0, 0.1) is 11.9 Å². The number of anilines is 1. The first-order valence-corrected chi connectivity index (χ1v) is 4.06. The van der Waals surface area contributed by atoms with Crippen LogP contribution >= 0.6 is 0 Å². The standard InChI is InChI=1S/C8H10FN3/c9-7-3-8(12-5-11-7)10-4-6-1-2-6/h3,5-6H,1-2,4H2,(H,10,11,12). The normalized spacial score (nSPS) is 16.1. The highest BCUT2D eigenvalue weighted by Crippen LogP contribution is 2.28. The molecule has 1 aliphatic carbocycles. The summed E-state index contributed by atoms with van der Waals surface area (Å²) in [6, 6.07) is 1.31. The van der Waals surface area contributed by atoms with Gasteiger partial charge in [0.2, 0.25) is 5.95 Å². The molecule has 64 valence electrons. The SMILES string of the molecule is Fc1cc(NCC2CC2)ncn1. The Labute approximate surface area is 70.0 Å². The first-order chi connectivity index (χ1) is 5.84. The molecule has 0 atom stereocenters. The monoisotopic (exact) mass is 167 g/mol. The van der Waals surface area contributed by atoms with Crippen LogP contribution in [0.25, 0.3) is 0 Å². The van der Waals surface area contributed by atoms with E-state index in [4.69, 9.17) is 0 Å². The summed E-state index contributed by atoms with van der Waals surface area (Å²) in [4.78, 5) is 7.24. The van der Waals surface area contributed by atoms with Gasteiger partial charge in [0.25, 0.3) is 0 Å². The molecule has 0 radical (unpaired) electrons. The van der Waals surface area contributed by atoms with E-state index in [0.29, 0.717) is 5.82 Å². The lowest BCUT2D eigenvalue weighted by Crippen LogP contribution is -2.05. The molecular formula is C8H10FN3. The van der Waals surface area contributed by atoms with E-state index in [0.717, 1.165) is 12.5 Å². The minimum atomic E-state index is -0.483. The molecule has 2 rings (SSSR count). The van der Waals surface area contributed by atoms with E-state index in [1.54, 1.807) is 0 Å². The highest BCUT2D eigenvalue weighted by Gasteiger charge is 2.20. The number of halogens is 1. The van der Waals surface area contributed by atoms with Crippen molar-refractivity contribution in [2.24, 2.45) is 5.92 Å². The van der Waals surface area contributed by atoms with Crippen molar-refractivity contribution in [3.05, 3.63) is 18.3 Å². The molecule has 1 saturated carbocycles. The second kappa shape index (κ2) is 3.05. The van der Waals surface area contributed by atoms with E-state index < -0.39 is 5.95 Å². The quantitative estimate of drug-likeness (QED) is 0.692. The van der Waals surface area contributed by atoms with Crippen molar-refractivity contribution >= 4 is 5.82 Å². The van der Waals surface area contributed by atoms with E-state index in [1.165, 1.54) is 25.2 Å². The van der Waals surface area contributed by atoms with Gasteiger partial charge < -0.3 is 5.32 Å². The van der Waals surface area contributed by atoms with E-state index in [1.807, 2.05) is 0 Å². The van der Waals surface area contributed by atoms with Crippen molar-refractivity contribution in [3.8, 4) is 0 Å². The minimum Gasteiger partial charge on any atom is -0.370 e. The summed E-state index contributed by atoms with van der Waals surface area (Å²) in [5, 5.41) is 3.06. The van der Waals surface area contributed by atoms with Crippen molar-refractivity contribution in [1.29, 1.82) is 0 Å². The third-order valence-electron chi connectivity index (χ3n) is 1.90. The molecule has 0 aromatic carbocycles. The first kappa shape index (κ1) is 7.46. The van der Waals surface area contributed by atoms with Gasteiger partial charge in [0.05, 0.1) is 0 Å². The summed E-state index contributed by atoms with van der Waals surface area (Å²) in [7, 11) is 0. The summed E-state index contributed by atoms with van der Waals surface area (Å²) in [5.41, 5.74) is 0. The molecule has 12 heavy (non-hydrogen) atoms. The van der Waals surface area contributed by atoms with Gasteiger partial charge in [-0.1, -0.05) is 0 Å². The molecule has 3 nitrogen and oxygen atoms in total. The molecule has 0 aliphatic heterocycles. The summed E-state index contributed by atoms with van der Waals surface area (Å²) >= 11 is 0. The smallest absolute Gasteiger partial charge is 0.217 e. The first-order valence-electron chi connectivity index (χ1n) is 4.06. The lowest BCUT2D eigenvalue weighted by atomic mass is 10.4. The third-order valence-corrected chi connectivity index (χ3v) is 1.90. The lowest BCUT2D eigenvalue weighted by Gasteiger charge is -2.02. The van der Waals surface area contributed by atoms with E-state index in [9.17, 15) is 4.39 Å². The fraction of sp³-hybridized carbons (Fsp3) is 0.500. The van der Waals surface area contributed by atoms with Gasteiger partial charge in [-0.05, 0) is 18.8 Å². The van der Waals surface area contributed by atoms with Crippen LogP contribution in [0.5, 0.6) is 0 Å². The second-order valence-corrected chi connectivity index (χ2v) is 3.05. The maximum absolute atomic E-state index is 12.5. The van der Waals surface area contributed by atoms with Crippen LogP contribution < -0.4 is 5.32 Å². The Balaban J connectivity index is 1.92. The van der Waals surface area contributed by atoms with Gasteiger partial charge in [-0.2, -0.15) is 4.39 Å². The highest BCUT2D eigenvalue weighted by molar-refractivity contribution is 5.32. The Morgan fingerprint density at radius 3 is 3.00 bits per heavy atom. The van der Waals surface area contributed by atoms with Gasteiger partial charge in [0.1, 0.15) is 12.1 Å². The number of aromatic nitrogens is 2. The van der Waals surface area contributed by atoms with Crippen LogP contribution in [0.2, 0.25) is 0 Å². The zero-order chi connectivity index (χ0) is 8.39. The van der Waals surface area contributed by atoms with Gasteiger partial charge in [0, 0.05) is 12.6 Å². The fourth-order valence-electron chi connectivity index (χ4n) is 1.00. The van der Waals surface area contributed by atoms with Crippen LogP contribution in [0.3, 0.4) is 0 Å². The zero-order valence-electron chi connectivity index (χ0n) is 6.63. The highest BCUT2D eigenvalue weighted by atomic mass is 19.1. The lowest BCUT2D eigenvalue weighted by molar-refractivity contribution is 0.580. The molecular weight excluding hydrogens is 157 g/mol. The van der Waals surface area contributed by atoms with E-state index >= 15 is 0 Å². The molecule has 0 unspecified atom stereocenters. The van der Waals surface area contributed by atoms with Crippen molar-refractivity contribution in [1.82, 2.24) is 9.97 Å². The average molecular weight is 167 g/mol. The van der Waals surface area contributed by atoms with Crippen LogP contribution in [-0.2, 0) is 0 Å². The fourth-order valence-corrected chi connectivity index (χ4v) is 1.00. The molecule has 1 heterocycles. The third kappa shape index (κ3) is 1.90. The van der Waals surface area contributed by atoms with Crippen molar-refractivity contribution < 1.29 is 4.39 Å². The van der Waals surface area contributed by atoms with Crippen LogP contribution in [0.1, 0.15) is 12.8 Å². The molecule has 1 aliphatic rings. The minimum absolute atomic E-state index is 0.483. The van der Waals surface area contributed by atoms with Crippen LogP contribution in [0.4, 0.5) is 10.2 Å². The van der Waals surface area contributed by atoms with Gasteiger partial charge in [-0.15, -0.1) is 0 Å². The molecule has 0 amide bonds. The predicted octanol–water partition coefficient (Wildman–Crippen LogP) is 1.44. The number of hydrogen-bond donors (Lipinski definition) is 1. The Hall–Kier alpha value is -1.19. The van der Waals surface area contributed by atoms with E-state index in [2.05, 4.69) is 15.3 Å². The number of nitrogens with one attached hydrogen (secondary N) is 1. The summed E-state index contributed by atoms with van der Waals surface area (Å²) < 4.78 is 12.5. The Bertz CT molecular complexity index is 273. The summed E-state index contributed by atoms with van der Waals surface area (Å²) in [6.45, 7) is 0.899. The Morgan fingerprint density at radius 2 is 2.33 bits per heavy atom. The molecule has 0 saturated heterocycles. The molecule has 1 aromatic heterocycles. The number of nitrogens with zero attached hydrogens (tertiary/aromatic N) is 2. The molecule has 1 fully saturated rings. The van der Waals surface area contributed by atoms with Crippen molar-refractivity contribution in [2.45, 2.75) is 12.8 Å². The molecule has 1 aromatic rings. The van der Waals surface area contributed by atoms with Gasteiger partial charge >= 0.3 is 0 Å². The average Bonchev–Trinajstić information content (AvgIpc) is 2.84. The van der Waals surface area contributed by atoms with Crippen LogP contribution in [0.15, 0.2) is 12.4 Å². The van der Waals surface area contributed by atoms with Gasteiger partial charge in [0.15, 0.2) is 0 Å². The summed E-state index contributed by atoms with van der Waals surface area (Å²) in [5.74, 6) is 0.862. The topological polar surface area (TPSA) is 37.8 Å². The maximum Gasteiger partial charge on any atom is 0.217 e. The van der Waals surface area contributed by atoms with E-state index in [-0.39, 0.29) is 0 Å². The largest absolute Gasteiger partial charge is 0.370 e. The Morgan fingerprint density at radius 1 is 1.50 bits per heavy atom. The maximum atomic E-state index is 12.5. The molecule has 1 N–H and O–H groups in total. The van der Waals surface area contributed by atoms with Gasteiger partial charge in [-0.25, -0.2) is 9.97 Å². The molecule has 4 heteroatoms. The van der Waals surface area contributed by atoms with Gasteiger partial charge in [-0.3, -0.25) is 0 Å². The Kier molecular flexibility index (Phi) is 1.89. The van der Waals surface area contributed by atoms with Crippen molar-refractivity contribution in [2.75, 3.05) is 11.9 Å². The second-order valence-electron chi connectivity index (χ2n) is 3.05. The predicted molar refractivity (Wildman–Crippen MR) is 43.2 cm³/mol. The molecule has 0 bridgehead atoms. The number of hydrogen-bond acceptors (Lipinski definition) is 3. The number of rotatable bonds is 3. The molecule has 0 spiro atoms. The zero-order valence-corrected chi connectivity index (χ0v) is 6.63. The van der Waals surface area contributed by atoms with Crippen LogP contribution in [-0.4, -0.2) is 16.5 Å². The van der Waals surface area contributed by atoms with Crippen molar-refractivity contribution in [3.63, 3.8) is 0 Å². The summed E-state index contributed by atoms with van der Waals surface area (Å²) in [6.07, 6.45) is 3.78.